The SMILES string of the molecule is CC(C)c1ccc(N2CCC(C)(N3CCOCC3)CC2)cn1.CC(C)c1ccc(N2CCC(F)(F)CC2)nc1.CC(C)c1ccc(N2CCC(O)CC2)cn1.CC(C)c1ccc(N2CCC(O)CC2)nc1.CC(C)c1ncc(N2CCC(O)CC2)cc1F.CCC1CCN(c2ccc(C(C)C)nc2)CC1.CNC1(C)CCN(c2ccc(C(C)C)nc2)CC1. The van der Waals surface area contributed by atoms with Crippen molar-refractivity contribution >= 4 is 40.1 Å². The van der Waals surface area contributed by atoms with Crippen LogP contribution in [-0.2, 0) is 4.74 Å². The summed E-state index contributed by atoms with van der Waals surface area (Å²) in [5.74, 6) is 3.16. The molecule has 8 aliphatic rings. The highest BCUT2D eigenvalue weighted by Gasteiger charge is 2.38. The highest BCUT2D eigenvalue weighted by Crippen LogP contribution is 2.36. The Morgan fingerprint density at radius 2 is 0.699 bits per heavy atom. The second kappa shape index (κ2) is 48.2. The number of aromatic nitrogens is 7. The minimum absolute atomic E-state index is 0.0688. The summed E-state index contributed by atoms with van der Waals surface area (Å²) in [5, 5.41) is 31.8. The third kappa shape index (κ3) is 30.8. The van der Waals surface area contributed by atoms with Gasteiger partial charge in [0.1, 0.15) is 17.5 Å². The van der Waals surface area contributed by atoms with E-state index in [1.165, 1.54) is 109 Å². The van der Waals surface area contributed by atoms with E-state index in [1.54, 1.807) is 12.3 Å². The van der Waals surface area contributed by atoms with E-state index < -0.39 is 5.92 Å². The van der Waals surface area contributed by atoms with Crippen LogP contribution < -0.4 is 39.6 Å². The number of hydrogen-bond donors (Lipinski definition) is 4. The summed E-state index contributed by atoms with van der Waals surface area (Å²) in [5.41, 5.74) is 14.1. The van der Waals surface area contributed by atoms with E-state index in [0.29, 0.717) is 65.4 Å². The average Bonchev–Trinajstić information content (AvgIpc) is 0.801. The number of anilines is 7. The lowest BCUT2D eigenvalue weighted by Gasteiger charge is -2.48. The molecule has 0 spiro atoms. The molecule has 0 saturated carbocycles. The number of alkyl halides is 2. The van der Waals surface area contributed by atoms with Crippen LogP contribution in [0.5, 0.6) is 0 Å². The fourth-order valence-electron chi connectivity index (χ4n) is 16.8. The van der Waals surface area contributed by atoms with Gasteiger partial charge in [0.05, 0.1) is 96.6 Å². The molecule has 0 amide bonds. The van der Waals surface area contributed by atoms with E-state index >= 15 is 0 Å². The summed E-state index contributed by atoms with van der Waals surface area (Å²) in [4.78, 5) is 49.8. The Hall–Kier alpha value is -7.80. The molecule has 0 bridgehead atoms. The first-order valence-corrected chi connectivity index (χ1v) is 46.8. The van der Waals surface area contributed by atoms with Gasteiger partial charge in [-0.2, -0.15) is 0 Å². The van der Waals surface area contributed by atoms with Gasteiger partial charge in [-0.25, -0.2) is 23.1 Å². The van der Waals surface area contributed by atoms with Crippen molar-refractivity contribution in [3.05, 3.63) is 168 Å². The predicted molar refractivity (Wildman–Crippen MR) is 503 cm³/mol. The molecule has 8 saturated heterocycles. The maximum Gasteiger partial charge on any atom is 0.251 e. The molecule has 15 heterocycles. The van der Waals surface area contributed by atoms with E-state index in [0.717, 1.165) is 159 Å². The number of morpholine rings is 1. The Morgan fingerprint density at radius 1 is 0.374 bits per heavy atom. The molecular formula is C100H155F3N16O4. The Balaban J connectivity index is 0.000000163. The van der Waals surface area contributed by atoms with Crippen molar-refractivity contribution in [2.45, 2.75) is 291 Å². The van der Waals surface area contributed by atoms with Crippen molar-refractivity contribution < 1.29 is 33.2 Å². The van der Waals surface area contributed by atoms with Gasteiger partial charge in [-0.05, 0) is 217 Å². The van der Waals surface area contributed by atoms with Crippen molar-refractivity contribution in [1.82, 2.24) is 45.1 Å². The monoisotopic (exact) mass is 1700 g/mol. The van der Waals surface area contributed by atoms with Crippen LogP contribution in [0.25, 0.3) is 0 Å². The highest BCUT2D eigenvalue weighted by atomic mass is 19.3. The van der Waals surface area contributed by atoms with Crippen LogP contribution in [0.4, 0.5) is 53.2 Å². The van der Waals surface area contributed by atoms with E-state index in [2.05, 4.69) is 246 Å². The predicted octanol–water partition coefficient (Wildman–Crippen LogP) is 19.6. The Kier molecular flexibility index (Phi) is 38.8. The minimum Gasteiger partial charge on any atom is -0.393 e. The molecule has 680 valence electrons. The molecule has 0 aliphatic carbocycles. The standard InChI is InChI=1S/C18H29N3O.C15H25N3.C15H24N2.C13H18F2N2.C13H19FN2O.2C13H20N2O/c1-15(2)17-5-4-16(14-19-17)20-8-6-18(3,7-9-20)21-10-12-22-13-11-21;1-12(2)14-6-5-13(11-17-14)18-9-7-15(3,16-4)8-10-18;1-4-13-7-9-17(10-8-13)14-5-6-15(12(2)3)16-11-14;1-10(2)11-3-4-12(16-9-11)17-7-5-13(14,15)6-8-17;1-9(2)13-12(14)7-10(8-15-13)16-5-3-11(17)4-6-16;1-10(2)13-4-3-11(9-14-13)15-7-5-12(16)6-8-15;1-10(2)11-3-4-13(14-9-11)15-7-5-12(16)6-8-15/h4-5,14-15H,6-13H2,1-3H3;5-6,11-12,16H,7-10H2,1-4H3;5-6,11-13H,4,7-10H2,1-3H3;3-4,9-10H,5-8H2,1-2H3;7-9,11,17H,3-6H2,1-2H3;2*3-4,9-10,12,16H,5-8H2,1-2H3. The fourth-order valence-corrected chi connectivity index (χ4v) is 16.8. The molecule has 123 heavy (non-hydrogen) atoms. The van der Waals surface area contributed by atoms with Crippen LogP contribution in [0, 0.1) is 11.7 Å². The van der Waals surface area contributed by atoms with Crippen molar-refractivity contribution in [1.29, 1.82) is 0 Å². The zero-order valence-corrected chi connectivity index (χ0v) is 78.3. The normalized spacial score (nSPS) is 19.3. The first-order valence-electron chi connectivity index (χ1n) is 46.8. The van der Waals surface area contributed by atoms with Crippen LogP contribution in [0.1, 0.15) is 295 Å². The lowest BCUT2D eigenvalue weighted by Crippen LogP contribution is -2.56. The molecule has 7 aromatic heterocycles. The molecule has 8 fully saturated rings. The molecule has 0 unspecified atom stereocenters. The summed E-state index contributed by atoms with van der Waals surface area (Å²) in [6, 6.07) is 27.2. The van der Waals surface area contributed by atoms with Gasteiger partial charge in [0.15, 0.2) is 0 Å². The molecular weight excluding hydrogens is 1550 g/mol. The van der Waals surface area contributed by atoms with Crippen LogP contribution >= 0.6 is 0 Å². The molecule has 7 aromatic rings. The van der Waals surface area contributed by atoms with Gasteiger partial charge >= 0.3 is 0 Å². The van der Waals surface area contributed by atoms with Gasteiger partial charge < -0.3 is 59.7 Å². The van der Waals surface area contributed by atoms with Crippen LogP contribution in [0.2, 0.25) is 0 Å². The molecule has 8 aliphatic heterocycles. The third-order valence-corrected chi connectivity index (χ3v) is 26.4. The number of hydrogen-bond acceptors (Lipinski definition) is 20. The van der Waals surface area contributed by atoms with Gasteiger partial charge in [0.2, 0.25) is 0 Å². The number of aliphatic hydroxyl groups excluding tert-OH is 3. The summed E-state index contributed by atoms with van der Waals surface area (Å²) < 4.78 is 45.3. The zero-order valence-electron chi connectivity index (χ0n) is 78.3. The number of ether oxygens (including phenoxy) is 1. The van der Waals surface area contributed by atoms with E-state index in [4.69, 9.17) is 4.74 Å². The molecule has 15 rings (SSSR count). The van der Waals surface area contributed by atoms with Gasteiger partial charge in [-0.3, -0.25) is 29.8 Å². The van der Waals surface area contributed by atoms with E-state index in [-0.39, 0.29) is 42.9 Å². The second-order valence-electron chi connectivity index (χ2n) is 38.0. The van der Waals surface area contributed by atoms with Crippen LogP contribution in [-0.4, -0.2) is 215 Å². The third-order valence-electron chi connectivity index (χ3n) is 26.4. The molecule has 23 heteroatoms. The summed E-state index contributed by atoms with van der Waals surface area (Å²) in [7, 11) is 2.06. The largest absolute Gasteiger partial charge is 0.393 e. The molecule has 20 nitrogen and oxygen atoms in total. The second-order valence-corrected chi connectivity index (χ2v) is 38.0. The van der Waals surface area contributed by atoms with Crippen molar-refractivity contribution in [3.63, 3.8) is 0 Å². The topological polar surface area (TPSA) is 198 Å². The molecule has 0 atom stereocenters. The Morgan fingerprint density at radius 3 is 1.01 bits per heavy atom. The highest BCUT2D eigenvalue weighted by molar-refractivity contribution is 5.50. The van der Waals surface area contributed by atoms with E-state index in [1.807, 2.05) is 68.1 Å². The first-order chi connectivity index (χ1) is 58.7. The lowest BCUT2D eigenvalue weighted by molar-refractivity contribution is -0.0248. The lowest BCUT2D eigenvalue weighted by atomic mass is 9.87. The van der Waals surface area contributed by atoms with Gasteiger partial charge in [0, 0.05) is 170 Å². The van der Waals surface area contributed by atoms with Gasteiger partial charge in [-0.1, -0.05) is 122 Å². The van der Waals surface area contributed by atoms with Crippen LogP contribution in [0.15, 0.2) is 122 Å². The zero-order chi connectivity index (χ0) is 89.0. The fraction of sp³-hybridized carbons (Fsp3) is 0.650. The summed E-state index contributed by atoms with van der Waals surface area (Å²) in [6.07, 6.45) is 26.8. The number of nitrogens with one attached hydrogen (secondary N) is 1. The maximum absolute atomic E-state index is 13.8. The summed E-state index contributed by atoms with van der Waals surface area (Å²) in [6.45, 7) is 53.7. The number of halogens is 3. The van der Waals surface area contributed by atoms with E-state index in [9.17, 15) is 28.5 Å². The number of aliphatic hydroxyl groups is 3. The smallest absolute Gasteiger partial charge is 0.251 e. The number of piperidine rings is 7. The van der Waals surface area contributed by atoms with Crippen LogP contribution in [0.3, 0.4) is 0 Å². The van der Waals surface area contributed by atoms with Gasteiger partial charge in [0.25, 0.3) is 5.92 Å². The van der Waals surface area contributed by atoms with Crippen molar-refractivity contribution in [3.8, 4) is 0 Å². The Bertz CT molecular complexity index is 4010. The quantitative estimate of drug-likeness (QED) is 0.0671. The first kappa shape index (κ1) is 99.0. The summed E-state index contributed by atoms with van der Waals surface area (Å²) >= 11 is 0. The number of nitrogens with zero attached hydrogens (tertiary/aromatic N) is 15. The average molecular weight is 1700 g/mol. The maximum atomic E-state index is 13.8. The molecule has 0 aromatic carbocycles. The Labute approximate surface area is 738 Å². The van der Waals surface area contributed by atoms with Crippen molar-refractivity contribution in [2.75, 3.05) is 159 Å². The molecule has 0 radical (unpaired) electrons. The number of rotatable bonds is 17. The molecule has 4 N–H and O–H groups in total. The number of pyridine rings is 7. The van der Waals surface area contributed by atoms with Gasteiger partial charge in [-0.15, -0.1) is 0 Å². The van der Waals surface area contributed by atoms with Crippen molar-refractivity contribution in [2.24, 2.45) is 5.92 Å². The minimum atomic E-state index is -2.49.